The molecule has 0 atom stereocenters. The summed E-state index contributed by atoms with van der Waals surface area (Å²) in [5.74, 6) is 0.657. The predicted molar refractivity (Wildman–Crippen MR) is 73.5 cm³/mol. The van der Waals surface area contributed by atoms with Crippen LogP contribution in [-0.2, 0) is 6.42 Å². The van der Waals surface area contributed by atoms with Crippen molar-refractivity contribution in [3.63, 3.8) is 0 Å². The van der Waals surface area contributed by atoms with Crippen LogP contribution in [0.25, 0.3) is 0 Å². The first-order valence-electron chi connectivity index (χ1n) is 6.64. The van der Waals surface area contributed by atoms with E-state index in [2.05, 4.69) is 19.2 Å². The molecule has 0 bridgehead atoms. The fraction of sp³-hybridized carbons (Fsp3) is 0.533. The van der Waals surface area contributed by atoms with Gasteiger partial charge in [-0.15, -0.1) is 0 Å². The summed E-state index contributed by atoms with van der Waals surface area (Å²) in [6.07, 6.45) is 3.31. The van der Waals surface area contributed by atoms with Crippen molar-refractivity contribution in [3.05, 3.63) is 35.4 Å². The minimum absolute atomic E-state index is 0.0196. The Bertz CT molecular complexity index is 419. The highest BCUT2D eigenvalue weighted by molar-refractivity contribution is 5.94. The molecule has 0 spiro atoms. The van der Waals surface area contributed by atoms with Gasteiger partial charge in [0.2, 0.25) is 0 Å². The molecule has 3 N–H and O–H groups in total. The fourth-order valence-electron chi connectivity index (χ4n) is 2.26. The second-order valence-electron chi connectivity index (χ2n) is 5.69. The van der Waals surface area contributed by atoms with Crippen LogP contribution < -0.4 is 11.1 Å². The van der Waals surface area contributed by atoms with Crippen molar-refractivity contribution in [2.24, 2.45) is 11.7 Å². The van der Waals surface area contributed by atoms with Gasteiger partial charge in [0.1, 0.15) is 0 Å². The Balaban J connectivity index is 2.00. The van der Waals surface area contributed by atoms with E-state index in [0.717, 1.165) is 12.0 Å². The molecule has 1 aliphatic rings. The number of carbonyl (C=O) groups is 1. The molecule has 0 heterocycles. The van der Waals surface area contributed by atoms with Crippen molar-refractivity contribution < 1.29 is 4.79 Å². The van der Waals surface area contributed by atoms with Crippen molar-refractivity contribution in [2.45, 2.75) is 38.6 Å². The van der Waals surface area contributed by atoms with Gasteiger partial charge in [0.15, 0.2) is 0 Å². The molecule has 1 aromatic carbocycles. The lowest BCUT2D eigenvalue weighted by Crippen LogP contribution is -2.45. The number of nitrogens with one attached hydrogen (secondary N) is 1. The zero-order valence-corrected chi connectivity index (χ0v) is 11.2. The van der Waals surface area contributed by atoms with E-state index < -0.39 is 0 Å². The Kier molecular flexibility index (Phi) is 3.71. The summed E-state index contributed by atoms with van der Waals surface area (Å²) in [6, 6.07) is 7.71. The topological polar surface area (TPSA) is 55.1 Å². The van der Waals surface area contributed by atoms with Gasteiger partial charge in [-0.3, -0.25) is 4.79 Å². The highest BCUT2D eigenvalue weighted by Crippen LogP contribution is 2.39. The molecule has 1 amide bonds. The highest BCUT2D eigenvalue weighted by Gasteiger charge is 2.38. The van der Waals surface area contributed by atoms with Crippen LogP contribution in [0.4, 0.5) is 0 Å². The van der Waals surface area contributed by atoms with Crippen molar-refractivity contribution >= 4 is 5.91 Å². The second kappa shape index (κ2) is 5.11. The smallest absolute Gasteiger partial charge is 0.251 e. The SMILES string of the molecule is CC(C)(NC(=O)c1ccc(CCN)cc1)C1CC1. The first-order valence-corrected chi connectivity index (χ1v) is 6.64. The Labute approximate surface area is 109 Å². The second-order valence-corrected chi connectivity index (χ2v) is 5.69. The third-order valence-corrected chi connectivity index (χ3v) is 3.68. The third kappa shape index (κ3) is 3.10. The van der Waals surface area contributed by atoms with Crippen molar-refractivity contribution in [3.8, 4) is 0 Å². The number of carbonyl (C=O) groups excluding carboxylic acids is 1. The molecule has 3 heteroatoms. The summed E-state index contributed by atoms with van der Waals surface area (Å²) < 4.78 is 0. The van der Waals surface area contributed by atoms with Gasteiger partial charge in [-0.05, 0) is 63.3 Å². The van der Waals surface area contributed by atoms with Gasteiger partial charge >= 0.3 is 0 Å². The van der Waals surface area contributed by atoms with E-state index in [9.17, 15) is 4.79 Å². The molecule has 18 heavy (non-hydrogen) atoms. The van der Waals surface area contributed by atoms with Crippen LogP contribution in [0.15, 0.2) is 24.3 Å². The van der Waals surface area contributed by atoms with Gasteiger partial charge in [-0.25, -0.2) is 0 Å². The van der Waals surface area contributed by atoms with E-state index >= 15 is 0 Å². The maximum atomic E-state index is 12.1. The summed E-state index contributed by atoms with van der Waals surface area (Å²) in [7, 11) is 0. The van der Waals surface area contributed by atoms with Crippen molar-refractivity contribution in [2.75, 3.05) is 6.54 Å². The van der Waals surface area contributed by atoms with Gasteiger partial charge < -0.3 is 11.1 Å². The zero-order valence-electron chi connectivity index (χ0n) is 11.2. The number of hydrogen-bond acceptors (Lipinski definition) is 2. The summed E-state index contributed by atoms with van der Waals surface area (Å²) in [6.45, 7) is 4.84. The molecule has 0 aliphatic heterocycles. The lowest BCUT2D eigenvalue weighted by atomic mass is 9.98. The van der Waals surface area contributed by atoms with Gasteiger partial charge in [0, 0.05) is 11.1 Å². The molecular weight excluding hydrogens is 224 g/mol. The predicted octanol–water partition coefficient (Wildman–Crippen LogP) is 2.11. The normalized spacial score (nSPS) is 15.5. The van der Waals surface area contributed by atoms with Crippen LogP contribution in [0.5, 0.6) is 0 Å². The average Bonchev–Trinajstić information content (AvgIpc) is 3.13. The Morgan fingerprint density at radius 3 is 2.44 bits per heavy atom. The van der Waals surface area contributed by atoms with Crippen LogP contribution in [0.1, 0.15) is 42.6 Å². The fourth-order valence-corrected chi connectivity index (χ4v) is 2.26. The molecule has 2 rings (SSSR count). The largest absolute Gasteiger partial charge is 0.347 e. The Morgan fingerprint density at radius 2 is 1.94 bits per heavy atom. The van der Waals surface area contributed by atoms with Gasteiger partial charge in [-0.2, -0.15) is 0 Å². The van der Waals surface area contributed by atoms with E-state index in [1.54, 1.807) is 0 Å². The number of nitrogens with two attached hydrogens (primary N) is 1. The van der Waals surface area contributed by atoms with E-state index in [0.29, 0.717) is 12.5 Å². The first kappa shape index (κ1) is 13.1. The summed E-state index contributed by atoms with van der Waals surface area (Å²) in [5.41, 5.74) is 7.32. The lowest BCUT2D eigenvalue weighted by Gasteiger charge is -2.26. The van der Waals surface area contributed by atoms with E-state index in [-0.39, 0.29) is 11.4 Å². The molecule has 0 unspecified atom stereocenters. The quantitative estimate of drug-likeness (QED) is 0.836. The molecule has 0 aromatic heterocycles. The molecule has 0 saturated heterocycles. The third-order valence-electron chi connectivity index (χ3n) is 3.68. The standard InChI is InChI=1S/C15H22N2O/c1-15(2,13-7-8-13)17-14(18)12-5-3-11(4-6-12)9-10-16/h3-6,13H,7-10,16H2,1-2H3,(H,17,18). The highest BCUT2D eigenvalue weighted by atomic mass is 16.1. The van der Waals surface area contributed by atoms with Crippen molar-refractivity contribution in [1.29, 1.82) is 0 Å². The van der Waals surface area contributed by atoms with Gasteiger partial charge in [-0.1, -0.05) is 12.1 Å². The van der Waals surface area contributed by atoms with E-state index in [4.69, 9.17) is 5.73 Å². The molecule has 1 aliphatic carbocycles. The number of amides is 1. The maximum absolute atomic E-state index is 12.1. The van der Waals surface area contributed by atoms with E-state index in [1.807, 2.05) is 24.3 Å². The molecule has 1 aromatic rings. The van der Waals surface area contributed by atoms with Crippen LogP contribution in [0, 0.1) is 5.92 Å². The number of benzene rings is 1. The van der Waals surface area contributed by atoms with Crippen LogP contribution in [0.2, 0.25) is 0 Å². The minimum Gasteiger partial charge on any atom is -0.347 e. The molecule has 1 saturated carbocycles. The molecular formula is C15H22N2O. The number of hydrogen-bond donors (Lipinski definition) is 2. The van der Waals surface area contributed by atoms with Crippen molar-refractivity contribution in [1.82, 2.24) is 5.32 Å². The van der Waals surface area contributed by atoms with Crippen LogP contribution in [-0.4, -0.2) is 18.0 Å². The van der Waals surface area contributed by atoms with Crippen LogP contribution in [0.3, 0.4) is 0 Å². The molecule has 3 nitrogen and oxygen atoms in total. The molecule has 1 fully saturated rings. The average molecular weight is 246 g/mol. The van der Waals surface area contributed by atoms with E-state index in [1.165, 1.54) is 18.4 Å². The molecule has 98 valence electrons. The monoisotopic (exact) mass is 246 g/mol. The Hall–Kier alpha value is -1.35. The van der Waals surface area contributed by atoms with Crippen LogP contribution >= 0.6 is 0 Å². The molecule has 0 radical (unpaired) electrons. The maximum Gasteiger partial charge on any atom is 0.251 e. The van der Waals surface area contributed by atoms with Gasteiger partial charge in [0.25, 0.3) is 5.91 Å². The summed E-state index contributed by atoms with van der Waals surface area (Å²) in [5, 5.41) is 3.12. The number of rotatable bonds is 5. The first-order chi connectivity index (χ1) is 8.53. The Morgan fingerprint density at radius 1 is 1.33 bits per heavy atom. The summed E-state index contributed by atoms with van der Waals surface area (Å²) in [4.78, 5) is 12.1. The zero-order chi connectivity index (χ0) is 13.2. The lowest BCUT2D eigenvalue weighted by molar-refractivity contribution is 0.0903. The van der Waals surface area contributed by atoms with Gasteiger partial charge in [0.05, 0.1) is 0 Å². The summed E-state index contributed by atoms with van der Waals surface area (Å²) >= 11 is 0. The minimum atomic E-state index is -0.0903.